The highest BCUT2D eigenvalue weighted by Crippen LogP contribution is 2.46. The number of hydrogen-bond acceptors (Lipinski definition) is 4. The van der Waals surface area contributed by atoms with E-state index in [1.54, 1.807) is 0 Å². The van der Waals surface area contributed by atoms with Gasteiger partial charge in [-0.2, -0.15) is 5.21 Å². The molecule has 1 aromatic heterocycles. The molecule has 0 fully saturated rings. The van der Waals surface area contributed by atoms with E-state index in [4.69, 9.17) is 0 Å². The quantitative estimate of drug-likeness (QED) is 0.753. The number of carbonyl (C=O) groups excluding carboxylic acids is 1. The lowest BCUT2D eigenvalue weighted by molar-refractivity contribution is -0.121. The number of aromatic amines is 1. The number of aromatic nitrogens is 4. The summed E-state index contributed by atoms with van der Waals surface area (Å²) in [6.07, 6.45) is 0. The van der Waals surface area contributed by atoms with Crippen LogP contribution in [0.5, 0.6) is 0 Å². The van der Waals surface area contributed by atoms with Gasteiger partial charge >= 0.3 is 0 Å². The second kappa shape index (κ2) is 6.32. The maximum Gasteiger partial charge on any atom is 0.231 e. The van der Waals surface area contributed by atoms with Crippen molar-refractivity contribution in [2.24, 2.45) is 5.92 Å². The van der Waals surface area contributed by atoms with E-state index < -0.39 is 0 Å². The number of benzene rings is 2. The van der Waals surface area contributed by atoms with Gasteiger partial charge in [-0.3, -0.25) is 4.79 Å². The number of nitrogens with one attached hydrogen (secondary N) is 2. The van der Waals surface area contributed by atoms with Crippen molar-refractivity contribution in [1.29, 1.82) is 0 Å². The van der Waals surface area contributed by atoms with E-state index in [9.17, 15) is 4.79 Å². The van der Waals surface area contributed by atoms with Crippen LogP contribution in [0, 0.1) is 5.92 Å². The molecule has 3 aromatic rings. The zero-order valence-corrected chi connectivity index (χ0v) is 13.7. The lowest BCUT2D eigenvalue weighted by Gasteiger charge is -2.07. The van der Waals surface area contributed by atoms with E-state index >= 15 is 0 Å². The Kier molecular flexibility index (Phi) is 3.85. The van der Waals surface area contributed by atoms with Crippen LogP contribution in [0.15, 0.2) is 60.2 Å². The third kappa shape index (κ3) is 3.06. The summed E-state index contributed by atoms with van der Waals surface area (Å²) in [7, 11) is 0. The molecule has 6 heteroatoms. The van der Waals surface area contributed by atoms with Crippen molar-refractivity contribution in [2.75, 3.05) is 0 Å². The number of carbonyl (C=O) groups is 1. The molecule has 0 saturated carbocycles. The fourth-order valence-electron chi connectivity index (χ4n) is 3.07. The van der Waals surface area contributed by atoms with Crippen LogP contribution in [-0.2, 0) is 11.3 Å². The summed E-state index contributed by atoms with van der Waals surface area (Å²) in [5.41, 5.74) is 5.27. The minimum Gasteiger partial charge on any atom is -0.351 e. The summed E-state index contributed by atoms with van der Waals surface area (Å²) in [6.45, 7) is 2.49. The Labute approximate surface area is 145 Å². The van der Waals surface area contributed by atoms with Crippen molar-refractivity contribution in [3.05, 3.63) is 71.3 Å². The Bertz CT molecular complexity index is 931. The minimum atomic E-state index is -0.109. The Morgan fingerprint density at radius 2 is 1.92 bits per heavy atom. The van der Waals surface area contributed by atoms with Gasteiger partial charge in [-0.15, -0.1) is 10.2 Å². The number of H-pyrrole nitrogens is 1. The van der Waals surface area contributed by atoms with Crippen LogP contribution in [0.1, 0.15) is 18.1 Å². The lowest BCUT2D eigenvalue weighted by Crippen LogP contribution is -2.25. The van der Waals surface area contributed by atoms with E-state index in [0.717, 1.165) is 27.8 Å². The van der Waals surface area contributed by atoms with Gasteiger partial charge in [0.05, 0.1) is 5.92 Å². The average Bonchev–Trinajstić information content (AvgIpc) is 3.07. The summed E-state index contributed by atoms with van der Waals surface area (Å²) in [5, 5.41) is 17.0. The first-order valence-corrected chi connectivity index (χ1v) is 8.10. The van der Waals surface area contributed by atoms with Gasteiger partial charge in [-0.25, -0.2) is 0 Å². The maximum absolute atomic E-state index is 12.5. The maximum atomic E-state index is 12.5. The number of rotatable bonds is 5. The Hall–Kier alpha value is -3.28. The monoisotopic (exact) mass is 331 g/mol. The molecular formula is C19H17N5O. The second-order valence-electron chi connectivity index (χ2n) is 6.05. The number of hydrogen-bond donors (Lipinski definition) is 2. The van der Waals surface area contributed by atoms with Gasteiger partial charge in [0.15, 0.2) is 0 Å². The molecule has 1 amide bonds. The van der Waals surface area contributed by atoms with Crippen molar-refractivity contribution >= 4 is 11.5 Å². The van der Waals surface area contributed by atoms with Crippen molar-refractivity contribution in [3.8, 4) is 11.4 Å². The number of tetrazole rings is 1. The van der Waals surface area contributed by atoms with Crippen molar-refractivity contribution < 1.29 is 4.79 Å². The van der Waals surface area contributed by atoms with E-state index in [1.807, 2.05) is 61.5 Å². The number of amides is 1. The summed E-state index contributed by atoms with van der Waals surface area (Å²) in [4.78, 5) is 12.5. The molecule has 2 N–H and O–H groups in total. The fraction of sp³-hybridized carbons (Fsp3) is 0.158. The van der Waals surface area contributed by atoms with Crippen LogP contribution in [0.2, 0.25) is 0 Å². The molecule has 124 valence electrons. The Morgan fingerprint density at radius 3 is 2.68 bits per heavy atom. The molecule has 1 atom stereocenters. The van der Waals surface area contributed by atoms with Crippen LogP contribution >= 0.6 is 0 Å². The topological polar surface area (TPSA) is 83.6 Å². The van der Waals surface area contributed by atoms with Crippen molar-refractivity contribution in [1.82, 2.24) is 25.9 Å². The largest absolute Gasteiger partial charge is 0.351 e. The van der Waals surface area contributed by atoms with Gasteiger partial charge in [0.1, 0.15) is 0 Å². The van der Waals surface area contributed by atoms with E-state index in [0.29, 0.717) is 12.4 Å². The van der Waals surface area contributed by atoms with E-state index in [-0.39, 0.29) is 11.8 Å². The molecule has 1 heterocycles. The van der Waals surface area contributed by atoms with Crippen molar-refractivity contribution in [2.45, 2.75) is 13.5 Å². The molecule has 0 spiro atoms. The normalized spacial score (nSPS) is 16.0. The molecule has 2 aromatic carbocycles. The summed E-state index contributed by atoms with van der Waals surface area (Å²) in [5.74, 6) is 0.475. The summed E-state index contributed by atoms with van der Waals surface area (Å²) >= 11 is 0. The average molecular weight is 331 g/mol. The highest BCUT2D eigenvalue weighted by atomic mass is 16.2. The number of nitrogens with zero attached hydrogens (tertiary/aromatic N) is 3. The predicted molar refractivity (Wildman–Crippen MR) is 94.0 cm³/mol. The van der Waals surface area contributed by atoms with Crippen LogP contribution < -0.4 is 5.32 Å². The molecule has 25 heavy (non-hydrogen) atoms. The molecule has 1 aliphatic rings. The van der Waals surface area contributed by atoms with Crippen LogP contribution in [0.4, 0.5) is 0 Å². The van der Waals surface area contributed by atoms with Crippen LogP contribution in [0.3, 0.4) is 0 Å². The highest BCUT2D eigenvalue weighted by Gasteiger charge is 2.39. The lowest BCUT2D eigenvalue weighted by atomic mass is 10.1. The predicted octanol–water partition coefficient (Wildman–Crippen LogP) is 2.59. The third-order valence-corrected chi connectivity index (χ3v) is 4.41. The molecule has 4 rings (SSSR count). The van der Waals surface area contributed by atoms with Gasteiger partial charge in [0.2, 0.25) is 11.7 Å². The molecule has 1 unspecified atom stereocenters. The Morgan fingerprint density at radius 1 is 1.12 bits per heavy atom. The van der Waals surface area contributed by atoms with Crippen LogP contribution in [0.25, 0.3) is 17.0 Å². The van der Waals surface area contributed by atoms with Crippen LogP contribution in [-0.4, -0.2) is 26.5 Å². The van der Waals surface area contributed by atoms with Crippen molar-refractivity contribution in [3.63, 3.8) is 0 Å². The molecule has 0 saturated heterocycles. The third-order valence-electron chi connectivity index (χ3n) is 4.41. The highest BCUT2D eigenvalue weighted by molar-refractivity contribution is 6.05. The zero-order chi connectivity index (χ0) is 17.2. The van der Waals surface area contributed by atoms with Gasteiger partial charge in [-0.1, -0.05) is 54.1 Å². The summed E-state index contributed by atoms with van der Waals surface area (Å²) in [6, 6.07) is 17.8. The minimum absolute atomic E-state index is 0.0429. The molecule has 0 bridgehead atoms. The van der Waals surface area contributed by atoms with Gasteiger partial charge in [0.25, 0.3) is 0 Å². The van der Waals surface area contributed by atoms with Gasteiger partial charge in [0, 0.05) is 12.1 Å². The second-order valence-corrected chi connectivity index (χ2v) is 6.05. The Balaban J connectivity index is 1.40. The molecule has 6 nitrogen and oxygen atoms in total. The van der Waals surface area contributed by atoms with E-state index in [1.165, 1.54) is 0 Å². The molecule has 0 aliphatic heterocycles. The molecule has 1 aliphatic carbocycles. The first-order valence-electron chi connectivity index (χ1n) is 8.10. The molecule has 0 radical (unpaired) electrons. The first kappa shape index (κ1) is 15.3. The van der Waals surface area contributed by atoms with Gasteiger partial charge in [-0.05, 0) is 34.9 Å². The smallest absolute Gasteiger partial charge is 0.231 e. The summed E-state index contributed by atoms with van der Waals surface area (Å²) < 4.78 is 0. The zero-order valence-electron chi connectivity index (χ0n) is 13.7. The standard InChI is InChI=1S/C19H17N5O/c1-12-16(14-7-3-2-4-8-14)17(12)19(25)20-11-13-6-5-9-15(10-13)18-21-23-24-22-18/h2-10,17H,11H2,1H3,(H,20,25)(H,21,22,23,24). The first-order chi connectivity index (χ1) is 12.2. The fourth-order valence-corrected chi connectivity index (χ4v) is 3.07. The SMILES string of the molecule is CC1=C(c2ccccc2)C1C(=O)NCc1cccc(-c2nn[nH]n2)c1. The molecular weight excluding hydrogens is 314 g/mol. The van der Waals surface area contributed by atoms with Gasteiger partial charge < -0.3 is 5.32 Å². The van der Waals surface area contributed by atoms with E-state index in [2.05, 4.69) is 25.9 Å².